The first-order valence-electron chi connectivity index (χ1n) is 9.01. The van der Waals surface area contributed by atoms with Crippen LogP contribution in [0.25, 0.3) is 0 Å². The van der Waals surface area contributed by atoms with E-state index < -0.39 is 0 Å². The summed E-state index contributed by atoms with van der Waals surface area (Å²) in [6, 6.07) is 17.7. The number of amides is 2. The first kappa shape index (κ1) is 19.9. The fraction of sp³-hybridized carbons (Fsp3) is 0.136. The normalized spacial score (nSPS) is 11.1. The third kappa shape index (κ3) is 5.10. The number of hydrogen-bond acceptors (Lipinski definition) is 5. The molecule has 0 aliphatic carbocycles. The monoisotopic (exact) mass is 390 g/mol. The van der Waals surface area contributed by atoms with E-state index in [1.54, 1.807) is 49.4 Å². The molecule has 0 radical (unpaired) electrons. The van der Waals surface area contributed by atoms with Crippen molar-refractivity contribution in [1.29, 1.82) is 0 Å². The van der Waals surface area contributed by atoms with Crippen LogP contribution in [-0.4, -0.2) is 31.6 Å². The average Bonchev–Trinajstić information content (AvgIpc) is 3.27. The molecule has 0 atom stereocenters. The summed E-state index contributed by atoms with van der Waals surface area (Å²) in [4.78, 5) is 26.4. The quantitative estimate of drug-likeness (QED) is 0.496. The van der Waals surface area contributed by atoms with Crippen LogP contribution in [-0.2, 0) is 0 Å². The maximum absolute atomic E-state index is 12.3. The van der Waals surface area contributed by atoms with Gasteiger partial charge in [-0.3, -0.25) is 9.59 Å². The van der Waals surface area contributed by atoms with E-state index in [9.17, 15) is 9.59 Å². The Hall–Kier alpha value is -3.87. The minimum Gasteiger partial charge on any atom is -0.459 e. The third-order valence-electron chi connectivity index (χ3n) is 4.25. The van der Waals surface area contributed by atoms with Gasteiger partial charge in [0, 0.05) is 31.0 Å². The van der Waals surface area contributed by atoms with Crippen LogP contribution in [0.3, 0.4) is 0 Å². The highest BCUT2D eigenvalue weighted by molar-refractivity contribution is 6.04. The number of nitrogens with zero attached hydrogens (tertiary/aromatic N) is 2. The van der Waals surface area contributed by atoms with Crippen molar-refractivity contribution in [2.45, 2.75) is 6.92 Å². The number of nitrogens with one attached hydrogen (secondary N) is 2. The average molecular weight is 390 g/mol. The second-order valence-corrected chi connectivity index (χ2v) is 6.59. The fourth-order valence-electron chi connectivity index (χ4n) is 2.60. The van der Waals surface area contributed by atoms with Gasteiger partial charge >= 0.3 is 0 Å². The first-order chi connectivity index (χ1) is 13.9. The maximum Gasteiger partial charge on any atom is 0.291 e. The number of rotatable bonds is 6. The van der Waals surface area contributed by atoms with Crippen LogP contribution in [0.1, 0.15) is 33.4 Å². The number of benzene rings is 2. The fourth-order valence-corrected chi connectivity index (χ4v) is 2.60. The zero-order chi connectivity index (χ0) is 20.8. The summed E-state index contributed by atoms with van der Waals surface area (Å²) in [5.74, 6) is -0.401. The van der Waals surface area contributed by atoms with Crippen molar-refractivity contribution in [3.63, 3.8) is 0 Å². The lowest BCUT2D eigenvalue weighted by atomic mass is 10.1. The van der Waals surface area contributed by atoms with Crippen molar-refractivity contribution in [1.82, 2.24) is 5.43 Å². The Kier molecular flexibility index (Phi) is 6.09. The maximum atomic E-state index is 12.3. The van der Waals surface area contributed by atoms with Crippen LogP contribution in [0.2, 0.25) is 0 Å². The zero-order valence-corrected chi connectivity index (χ0v) is 16.5. The van der Waals surface area contributed by atoms with Crippen LogP contribution in [0.15, 0.2) is 76.4 Å². The number of carbonyl (C=O) groups excluding carboxylic acids is 2. The van der Waals surface area contributed by atoms with Crippen LogP contribution >= 0.6 is 0 Å². The summed E-state index contributed by atoms with van der Waals surface area (Å²) in [7, 11) is 3.88. The van der Waals surface area contributed by atoms with Gasteiger partial charge in [0.2, 0.25) is 0 Å². The summed E-state index contributed by atoms with van der Waals surface area (Å²) in [5.41, 5.74) is 6.07. The van der Waals surface area contributed by atoms with Gasteiger partial charge in [-0.25, -0.2) is 5.43 Å². The smallest absolute Gasteiger partial charge is 0.291 e. The van der Waals surface area contributed by atoms with Crippen molar-refractivity contribution in [3.8, 4) is 0 Å². The highest BCUT2D eigenvalue weighted by Gasteiger charge is 2.10. The van der Waals surface area contributed by atoms with Crippen molar-refractivity contribution in [2.24, 2.45) is 5.10 Å². The van der Waals surface area contributed by atoms with Gasteiger partial charge < -0.3 is 14.6 Å². The van der Waals surface area contributed by atoms with E-state index in [0.29, 0.717) is 17.0 Å². The molecule has 1 aromatic heterocycles. The summed E-state index contributed by atoms with van der Waals surface area (Å²) < 4.78 is 5.09. The molecule has 0 fully saturated rings. The molecule has 0 saturated carbocycles. The van der Waals surface area contributed by atoms with Crippen molar-refractivity contribution >= 4 is 28.9 Å². The van der Waals surface area contributed by atoms with Gasteiger partial charge in [0.15, 0.2) is 5.76 Å². The Balaban J connectivity index is 1.66. The van der Waals surface area contributed by atoms with Gasteiger partial charge in [0.05, 0.1) is 12.0 Å². The van der Waals surface area contributed by atoms with Crippen LogP contribution in [0, 0.1) is 0 Å². The molecule has 1 heterocycles. The van der Waals surface area contributed by atoms with Gasteiger partial charge in [-0.2, -0.15) is 5.10 Å². The molecule has 3 rings (SSSR count). The zero-order valence-electron chi connectivity index (χ0n) is 16.5. The molecule has 148 valence electrons. The number of hydrazone groups is 1. The lowest BCUT2D eigenvalue weighted by Gasteiger charge is -2.12. The minimum absolute atomic E-state index is 0.230. The van der Waals surface area contributed by atoms with Gasteiger partial charge in [-0.05, 0) is 61.0 Å². The van der Waals surface area contributed by atoms with E-state index in [1.165, 1.54) is 6.26 Å². The highest BCUT2D eigenvalue weighted by atomic mass is 16.3. The Morgan fingerprint density at radius 1 is 0.931 bits per heavy atom. The number of hydrogen-bond donors (Lipinski definition) is 2. The lowest BCUT2D eigenvalue weighted by Crippen LogP contribution is -2.19. The SMILES string of the molecule is CC(=NNC(=O)c1ccc(N(C)C)cc1)c1cccc(NC(=O)c2ccco2)c1. The molecule has 0 aliphatic rings. The van der Waals surface area contributed by atoms with Gasteiger partial charge in [-0.15, -0.1) is 0 Å². The summed E-state index contributed by atoms with van der Waals surface area (Å²) >= 11 is 0. The molecule has 2 N–H and O–H groups in total. The predicted molar refractivity (Wildman–Crippen MR) is 114 cm³/mol. The summed E-state index contributed by atoms with van der Waals surface area (Å²) in [6.45, 7) is 1.78. The Bertz CT molecular complexity index is 1020. The molecule has 2 amide bonds. The third-order valence-corrected chi connectivity index (χ3v) is 4.25. The number of carbonyl (C=O) groups is 2. The van der Waals surface area contributed by atoms with Crippen LogP contribution in [0.4, 0.5) is 11.4 Å². The van der Waals surface area contributed by atoms with E-state index in [4.69, 9.17) is 4.42 Å². The standard InChI is InChI=1S/C22H22N4O3/c1-15(24-25-21(27)16-9-11-19(12-10-16)26(2)3)17-6-4-7-18(14-17)23-22(28)20-8-5-13-29-20/h4-14H,1-3H3,(H,23,28)(H,25,27). The molecular formula is C22H22N4O3. The molecular weight excluding hydrogens is 368 g/mol. The van der Waals surface area contributed by atoms with Crippen molar-refractivity contribution < 1.29 is 14.0 Å². The minimum atomic E-state index is -0.337. The molecule has 0 saturated heterocycles. The van der Waals surface area contributed by atoms with E-state index in [2.05, 4.69) is 15.8 Å². The van der Waals surface area contributed by atoms with Gasteiger partial charge in [-0.1, -0.05) is 12.1 Å². The van der Waals surface area contributed by atoms with Crippen molar-refractivity contribution in [3.05, 3.63) is 83.8 Å². The van der Waals surface area contributed by atoms with E-state index in [-0.39, 0.29) is 17.6 Å². The Morgan fingerprint density at radius 2 is 1.69 bits per heavy atom. The van der Waals surface area contributed by atoms with Crippen LogP contribution in [0.5, 0.6) is 0 Å². The largest absolute Gasteiger partial charge is 0.459 e. The topological polar surface area (TPSA) is 86.9 Å². The Labute approximate surface area is 169 Å². The molecule has 29 heavy (non-hydrogen) atoms. The van der Waals surface area contributed by atoms with Crippen LogP contribution < -0.4 is 15.6 Å². The molecule has 7 nitrogen and oxygen atoms in total. The van der Waals surface area contributed by atoms with E-state index >= 15 is 0 Å². The molecule has 2 aromatic carbocycles. The highest BCUT2D eigenvalue weighted by Crippen LogP contribution is 2.14. The van der Waals surface area contributed by atoms with Gasteiger partial charge in [0.25, 0.3) is 11.8 Å². The lowest BCUT2D eigenvalue weighted by molar-refractivity contribution is 0.0953. The molecule has 0 spiro atoms. The molecule has 7 heteroatoms. The van der Waals surface area contributed by atoms with Crippen molar-refractivity contribution in [2.75, 3.05) is 24.3 Å². The first-order valence-corrected chi connectivity index (χ1v) is 9.01. The number of anilines is 2. The molecule has 0 aliphatic heterocycles. The Morgan fingerprint density at radius 3 is 2.34 bits per heavy atom. The van der Waals surface area contributed by atoms with E-state index in [1.807, 2.05) is 37.2 Å². The molecule has 3 aromatic rings. The second-order valence-electron chi connectivity index (χ2n) is 6.59. The molecule has 0 bridgehead atoms. The summed E-state index contributed by atoms with van der Waals surface area (Å²) in [5, 5.41) is 6.94. The second kappa shape index (κ2) is 8.88. The molecule has 0 unspecified atom stereocenters. The van der Waals surface area contributed by atoms with E-state index in [0.717, 1.165) is 11.3 Å². The van der Waals surface area contributed by atoms with Gasteiger partial charge in [0.1, 0.15) is 0 Å². The predicted octanol–water partition coefficient (Wildman–Crippen LogP) is 3.75. The number of furan rings is 1. The summed E-state index contributed by atoms with van der Waals surface area (Å²) in [6.07, 6.45) is 1.44.